The Hall–Kier alpha value is -1.69. The third kappa shape index (κ3) is 3.74. The maximum atomic E-state index is 12.3. The van der Waals surface area contributed by atoms with Crippen molar-refractivity contribution in [1.29, 1.82) is 0 Å². The second-order valence-electron chi connectivity index (χ2n) is 5.74. The molecule has 22 heavy (non-hydrogen) atoms. The molecule has 0 atom stereocenters. The summed E-state index contributed by atoms with van der Waals surface area (Å²) in [6.45, 7) is 5.83. The lowest BCUT2D eigenvalue weighted by atomic mass is 10.1. The van der Waals surface area contributed by atoms with Crippen LogP contribution in [0.5, 0.6) is 0 Å². The molecule has 0 aromatic carbocycles. The average molecular weight is 307 g/mol. The van der Waals surface area contributed by atoms with Crippen LogP contribution in [0.4, 0.5) is 0 Å². The molecule has 0 radical (unpaired) electrons. The summed E-state index contributed by atoms with van der Waals surface area (Å²) in [4.78, 5) is 30.8. The molecular formula is C16H25N3O3. The quantitative estimate of drug-likeness (QED) is 0.756. The van der Waals surface area contributed by atoms with Crippen LogP contribution in [-0.4, -0.2) is 46.7 Å². The molecule has 6 heteroatoms. The number of hydrogen-bond acceptors (Lipinski definition) is 4. The normalized spacial score (nSPS) is 14.6. The van der Waals surface area contributed by atoms with Gasteiger partial charge in [0.05, 0.1) is 5.69 Å². The Balaban J connectivity index is 2.01. The van der Waals surface area contributed by atoms with E-state index in [-0.39, 0.29) is 18.1 Å². The number of carbonyl (C=O) groups excluding carboxylic acids is 1. The molecular weight excluding hydrogens is 282 g/mol. The minimum atomic E-state index is -0.00236. The highest BCUT2D eigenvalue weighted by atomic mass is 16.5. The molecule has 0 saturated heterocycles. The molecule has 0 N–H and O–H groups in total. The Morgan fingerprint density at radius 2 is 2.05 bits per heavy atom. The second-order valence-corrected chi connectivity index (χ2v) is 5.74. The van der Waals surface area contributed by atoms with Gasteiger partial charge in [-0.1, -0.05) is 13.3 Å². The zero-order chi connectivity index (χ0) is 16.1. The molecule has 0 spiro atoms. The van der Waals surface area contributed by atoms with E-state index < -0.39 is 0 Å². The van der Waals surface area contributed by atoms with Crippen LogP contribution in [0.3, 0.4) is 0 Å². The van der Waals surface area contributed by atoms with Gasteiger partial charge in [-0.3, -0.25) is 14.2 Å². The van der Waals surface area contributed by atoms with Gasteiger partial charge in [-0.05, 0) is 19.8 Å². The fourth-order valence-electron chi connectivity index (χ4n) is 2.61. The summed E-state index contributed by atoms with van der Waals surface area (Å²) in [6, 6.07) is 0. The number of aromatic nitrogens is 2. The Labute approximate surface area is 131 Å². The van der Waals surface area contributed by atoms with Crippen LogP contribution in [0, 0.1) is 6.92 Å². The van der Waals surface area contributed by atoms with Crippen molar-refractivity contribution in [2.75, 3.05) is 26.3 Å². The Morgan fingerprint density at radius 1 is 1.32 bits per heavy atom. The van der Waals surface area contributed by atoms with Crippen LogP contribution in [0.1, 0.15) is 36.8 Å². The molecule has 0 aliphatic carbocycles. The molecule has 1 aliphatic rings. The summed E-state index contributed by atoms with van der Waals surface area (Å²) in [5.74, 6) is 0.712. The highest BCUT2D eigenvalue weighted by Crippen LogP contribution is 2.11. The monoisotopic (exact) mass is 307 g/mol. The van der Waals surface area contributed by atoms with Crippen LogP contribution >= 0.6 is 0 Å². The molecule has 2 heterocycles. The molecule has 2 rings (SSSR count). The van der Waals surface area contributed by atoms with Crippen LogP contribution in [-0.2, 0) is 29.4 Å². The van der Waals surface area contributed by atoms with Gasteiger partial charge in [-0.2, -0.15) is 0 Å². The van der Waals surface area contributed by atoms with Crippen LogP contribution in [0.2, 0.25) is 0 Å². The number of aryl methyl sites for hydroxylation is 1. The van der Waals surface area contributed by atoms with Crippen molar-refractivity contribution in [1.82, 2.24) is 14.5 Å². The molecule has 1 aromatic heterocycles. The fourth-order valence-corrected chi connectivity index (χ4v) is 2.61. The van der Waals surface area contributed by atoms with Crippen molar-refractivity contribution in [2.24, 2.45) is 7.05 Å². The number of nitrogens with zero attached hydrogens (tertiary/aromatic N) is 3. The van der Waals surface area contributed by atoms with E-state index >= 15 is 0 Å². The molecule has 6 nitrogen and oxygen atoms in total. The number of ether oxygens (including phenoxy) is 1. The van der Waals surface area contributed by atoms with Crippen LogP contribution < -0.4 is 5.56 Å². The van der Waals surface area contributed by atoms with Gasteiger partial charge in [0.15, 0.2) is 0 Å². The van der Waals surface area contributed by atoms with Crippen LogP contribution in [0.25, 0.3) is 0 Å². The summed E-state index contributed by atoms with van der Waals surface area (Å²) in [5, 5.41) is 0. The van der Waals surface area contributed by atoms with Crippen molar-refractivity contribution in [3.63, 3.8) is 0 Å². The number of rotatable bonds is 5. The number of hydrogen-bond donors (Lipinski definition) is 0. The molecule has 0 saturated carbocycles. The maximum absolute atomic E-state index is 12.3. The van der Waals surface area contributed by atoms with E-state index in [4.69, 9.17) is 4.74 Å². The predicted molar refractivity (Wildman–Crippen MR) is 83.9 cm³/mol. The van der Waals surface area contributed by atoms with Gasteiger partial charge in [-0.25, -0.2) is 4.98 Å². The fraction of sp³-hybridized carbons (Fsp3) is 0.688. The van der Waals surface area contributed by atoms with E-state index in [1.807, 2.05) is 6.92 Å². The SMILES string of the molecule is CCCCOCC(=O)N1CCc2nc(C)n(C)c(=O)c2CC1. The van der Waals surface area contributed by atoms with Gasteiger partial charge >= 0.3 is 0 Å². The minimum absolute atomic E-state index is 0.00236. The Bertz CT molecular complexity index is 595. The van der Waals surface area contributed by atoms with Crippen molar-refractivity contribution >= 4 is 5.91 Å². The highest BCUT2D eigenvalue weighted by Gasteiger charge is 2.22. The van der Waals surface area contributed by atoms with E-state index in [9.17, 15) is 9.59 Å². The Morgan fingerprint density at radius 3 is 2.77 bits per heavy atom. The lowest BCUT2D eigenvalue weighted by Gasteiger charge is -2.19. The third-order valence-electron chi connectivity index (χ3n) is 4.16. The molecule has 1 amide bonds. The van der Waals surface area contributed by atoms with Gasteiger partial charge in [0.25, 0.3) is 5.56 Å². The smallest absolute Gasteiger partial charge is 0.256 e. The first-order chi connectivity index (χ1) is 10.5. The molecule has 0 bridgehead atoms. The predicted octanol–water partition coefficient (Wildman–Crippen LogP) is 0.833. The molecule has 1 aromatic rings. The van der Waals surface area contributed by atoms with E-state index in [2.05, 4.69) is 11.9 Å². The van der Waals surface area contributed by atoms with Crippen LogP contribution in [0.15, 0.2) is 4.79 Å². The van der Waals surface area contributed by atoms with E-state index in [0.717, 1.165) is 24.1 Å². The van der Waals surface area contributed by atoms with Gasteiger partial charge in [0, 0.05) is 38.7 Å². The first-order valence-electron chi connectivity index (χ1n) is 7.95. The summed E-state index contributed by atoms with van der Waals surface area (Å²) in [7, 11) is 1.74. The number of unbranched alkanes of at least 4 members (excludes halogenated alkanes) is 1. The first-order valence-corrected chi connectivity index (χ1v) is 7.95. The average Bonchev–Trinajstić information content (AvgIpc) is 2.72. The molecule has 0 unspecified atom stereocenters. The largest absolute Gasteiger partial charge is 0.372 e. The van der Waals surface area contributed by atoms with Gasteiger partial charge in [0.2, 0.25) is 5.91 Å². The van der Waals surface area contributed by atoms with E-state index in [1.54, 1.807) is 16.5 Å². The second kappa shape index (κ2) is 7.54. The highest BCUT2D eigenvalue weighted by molar-refractivity contribution is 5.77. The summed E-state index contributed by atoms with van der Waals surface area (Å²) < 4.78 is 6.97. The van der Waals surface area contributed by atoms with Crippen molar-refractivity contribution in [3.8, 4) is 0 Å². The minimum Gasteiger partial charge on any atom is -0.372 e. The Kier molecular flexibility index (Phi) is 5.71. The van der Waals surface area contributed by atoms with E-state index in [0.29, 0.717) is 38.4 Å². The van der Waals surface area contributed by atoms with Crippen molar-refractivity contribution < 1.29 is 9.53 Å². The van der Waals surface area contributed by atoms with E-state index in [1.165, 1.54) is 0 Å². The van der Waals surface area contributed by atoms with Crippen molar-refractivity contribution in [3.05, 3.63) is 27.4 Å². The zero-order valence-electron chi connectivity index (χ0n) is 13.7. The zero-order valence-corrected chi connectivity index (χ0v) is 13.7. The van der Waals surface area contributed by atoms with Gasteiger partial charge < -0.3 is 9.64 Å². The number of amides is 1. The standard InChI is InChI=1S/C16H25N3O3/c1-4-5-10-22-11-15(20)19-8-6-13-14(7-9-19)17-12(2)18(3)16(13)21/h4-11H2,1-3H3. The molecule has 1 aliphatic heterocycles. The third-order valence-corrected chi connectivity index (χ3v) is 4.16. The van der Waals surface area contributed by atoms with Gasteiger partial charge in [-0.15, -0.1) is 0 Å². The molecule has 0 fully saturated rings. The van der Waals surface area contributed by atoms with Crippen molar-refractivity contribution in [2.45, 2.75) is 39.5 Å². The topological polar surface area (TPSA) is 64.4 Å². The number of carbonyl (C=O) groups is 1. The number of fused-ring (bicyclic) bond motifs is 1. The summed E-state index contributed by atoms with van der Waals surface area (Å²) in [5.41, 5.74) is 1.59. The lowest BCUT2D eigenvalue weighted by molar-refractivity contribution is -0.136. The lowest BCUT2D eigenvalue weighted by Crippen LogP contribution is -2.36. The van der Waals surface area contributed by atoms with Gasteiger partial charge in [0.1, 0.15) is 12.4 Å². The molecule has 122 valence electrons. The summed E-state index contributed by atoms with van der Waals surface area (Å²) in [6.07, 6.45) is 3.22. The summed E-state index contributed by atoms with van der Waals surface area (Å²) >= 11 is 0. The first kappa shape index (κ1) is 16.7. The maximum Gasteiger partial charge on any atom is 0.256 e.